The smallest absolute Gasteiger partial charge is 0.274 e. The van der Waals surface area contributed by atoms with E-state index in [0.717, 1.165) is 43.2 Å². The Morgan fingerprint density at radius 2 is 1.82 bits per heavy atom. The lowest BCUT2D eigenvalue weighted by Crippen LogP contribution is -2.64. The number of piperidine rings is 1. The van der Waals surface area contributed by atoms with Gasteiger partial charge in [0.2, 0.25) is 5.91 Å². The van der Waals surface area contributed by atoms with Crippen LogP contribution in [0.5, 0.6) is 0 Å². The second kappa shape index (κ2) is 8.32. The molecule has 3 aliphatic rings. The van der Waals surface area contributed by atoms with E-state index >= 15 is 0 Å². The largest absolute Gasteiger partial charge is 0.350 e. The van der Waals surface area contributed by atoms with Crippen molar-refractivity contribution in [2.45, 2.75) is 70.6 Å². The number of amides is 3. The number of nitrogens with one attached hydrogen (secondary N) is 1. The Balaban J connectivity index is 1.40. The number of aromatic nitrogens is 2. The van der Waals surface area contributed by atoms with Crippen LogP contribution in [0.1, 0.15) is 71.1 Å². The monoisotopic (exact) mass is 449 g/mol. The van der Waals surface area contributed by atoms with Gasteiger partial charge in [-0.2, -0.15) is 0 Å². The van der Waals surface area contributed by atoms with Gasteiger partial charge in [0.1, 0.15) is 11.2 Å². The first-order chi connectivity index (χ1) is 15.9. The standard InChI is InChI=1S/C25H31N5O3/c1-17-6-8-18(9-7-17)14-26-24(33)25(2)15-29-16-27-20(22(31)28-12-4-3-5-13-28)21(29)23(32)30(25)19-10-11-19/h6-9,16,19H,3-5,10-15H2,1-2H3,(H,26,33). The van der Waals surface area contributed by atoms with E-state index in [-0.39, 0.29) is 36.0 Å². The summed E-state index contributed by atoms with van der Waals surface area (Å²) < 4.78 is 1.70. The first kappa shape index (κ1) is 21.7. The number of nitrogens with zero attached hydrogens (tertiary/aromatic N) is 4. The van der Waals surface area contributed by atoms with Crippen LogP contribution in [0.15, 0.2) is 30.6 Å². The fourth-order valence-corrected chi connectivity index (χ4v) is 5.04. The van der Waals surface area contributed by atoms with E-state index < -0.39 is 5.54 Å². The van der Waals surface area contributed by atoms with Crippen molar-refractivity contribution in [2.75, 3.05) is 13.1 Å². The minimum atomic E-state index is -1.04. The molecule has 2 aromatic rings. The van der Waals surface area contributed by atoms with E-state index in [9.17, 15) is 14.4 Å². The van der Waals surface area contributed by atoms with Gasteiger partial charge in [-0.1, -0.05) is 29.8 Å². The summed E-state index contributed by atoms with van der Waals surface area (Å²) in [6, 6.07) is 8.05. The van der Waals surface area contributed by atoms with Crippen LogP contribution < -0.4 is 5.32 Å². The zero-order valence-electron chi connectivity index (χ0n) is 19.3. The zero-order chi connectivity index (χ0) is 23.2. The third-order valence-corrected chi connectivity index (χ3v) is 7.09. The van der Waals surface area contributed by atoms with Crippen molar-refractivity contribution in [1.82, 2.24) is 24.7 Å². The van der Waals surface area contributed by atoms with E-state index in [1.807, 2.05) is 38.1 Å². The molecule has 0 radical (unpaired) electrons. The van der Waals surface area contributed by atoms with Gasteiger partial charge in [-0.05, 0) is 51.5 Å². The fraction of sp³-hybridized carbons (Fsp3) is 0.520. The molecule has 3 heterocycles. The Morgan fingerprint density at radius 3 is 2.48 bits per heavy atom. The highest BCUT2D eigenvalue weighted by molar-refractivity contribution is 6.07. The molecule has 2 fully saturated rings. The molecule has 1 unspecified atom stereocenters. The molecule has 3 amide bonds. The third kappa shape index (κ3) is 3.92. The number of fused-ring (bicyclic) bond motifs is 1. The van der Waals surface area contributed by atoms with Crippen molar-refractivity contribution < 1.29 is 14.4 Å². The number of carbonyl (C=O) groups is 3. The van der Waals surface area contributed by atoms with Crippen LogP contribution in [0.3, 0.4) is 0 Å². The minimum absolute atomic E-state index is 0.0224. The Hall–Kier alpha value is -3.16. The van der Waals surface area contributed by atoms with Crippen LogP contribution in [0.2, 0.25) is 0 Å². The van der Waals surface area contributed by atoms with Gasteiger partial charge >= 0.3 is 0 Å². The predicted octanol–water partition coefficient (Wildman–Crippen LogP) is 2.51. The van der Waals surface area contributed by atoms with Crippen molar-refractivity contribution in [2.24, 2.45) is 0 Å². The molecule has 1 aromatic heterocycles. The van der Waals surface area contributed by atoms with E-state index in [2.05, 4.69) is 10.3 Å². The van der Waals surface area contributed by atoms with Crippen LogP contribution in [-0.2, 0) is 17.9 Å². The summed E-state index contributed by atoms with van der Waals surface area (Å²) in [6.07, 6.45) is 6.36. The maximum absolute atomic E-state index is 13.7. The van der Waals surface area contributed by atoms with Crippen molar-refractivity contribution in [3.63, 3.8) is 0 Å². The molecule has 0 bridgehead atoms. The Bertz CT molecular complexity index is 1080. The molecule has 1 atom stereocenters. The van der Waals surface area contributed by atoms with Gasteiger partial charge in [0.25, 0.3) is 11.8 Å². The molecule has 1 aromatic carbocycles. The minimum Gasteiger partial charge on any atom is -0.350 e. The van der Waals surface area contributed by atoms with Crippen LogP contribution in [0.4, 0.5) is 0 Å². The van der Waals surface area contributed by atoms with E-state index in [1.54, 1.807) is 20.7 Å². The number of likely N-dealkylation sites (tertiary alicyclic amines) is 1. The third-order valence-electron chi connectivity index (χ3n) is 7.09. The fourth-order valence-electron chi connectivity index (χ4n) is 5.04. The first-order valence-electron chi connectivity index (χ1n) is 11.9. The van der Waals surface area contributed by atoms with Gasteiger partial charge in [-0.15, -0.1) is 0 Å². The van der Waals surface area contributed by atoms with Crippen molar-refractivity contribution in [3.8, 4) is 0 Å². The Labute approximate surface area is 194 Å². The molecule has 33 heavy (non-hydrogen) atoms. The van der Waals surface area contributed by atoms with E-state index in [1.165, 1.54) is 0 Å². The summed E-state index contributed by atoms with van der Waals surface area (Å²) in [5, 5.41) is 3.03. The van der Waals surface area contributed by atoms with Gasteiger partial charge in [-0.3, -0.25) is 14.4 Å². The highest BCUT2D eigenvalue weighted by Crippen LogP contribution is 2.39. The average molecular weight is 450 g/mol. The van der Waals surface area contributed by atoms with Crippen molar-refractivity contribution in [1.29, 1.82) is 0 Å². The lowest BCUT2D eigenvalue weighted by molar-refractivity contribution is -0.133. The first-order valence-corrected chi connectivity index (χ1v) is 11.9. The zero-order valence-corrected chi connectivity index (χ0v) is 19.3. The van der Waals surface area contributed by atoms with E-state index in [4.69, 9.17) is 0 Å². The molecule has 0 spiro atoms. The molecule has 1 saturated carbocycles. The lowest BCUT2D eigenvalue weighted by atomic mass is 9.93. The molecule has 1 N–H and O–H groups in total. The van der Waals surface area contributed by atoms with Crippen LogP contribution in [-0.4, -0.2) is 61.7 Å². The van der Waals surface area contributed by atoms with Crippen molar-refractivity contribution >= 4 is 17.7 Å². The van der Waals surface area contributed by atoms with Gasteiger partial charge in [0.15, 0.2) is 5.69 Å². The summed E-state index contributed by atoms with van der Waals surface area (Å²) in [5.74, 6) is -0.638. The topological polar surface area (TPSA) is 87.5 Å². The van der Waals surface area contributed by atoms with Gasteiger partial charge in [0.05, 0.1) is 12.9 Å². The molecule has 8 heteroatoms. The SMILES string of the molecule is Cc1ccc(CNC(=O)C2(C)Cn3cnc(C(=O)N4CCCCC4)c3C(=O)N2C2CC2)cc1. The maximum Gasteiger partial charge on any atom is 0.274 e. The summed E-state index contributed by atoms with van der Waals surface area (Å²) in [7, 11) is 0. The molecule has 2 aliphatic heterocycles. The number of hydrogen-bond acceptors (Lipinski definition) is 4. The van der Waals surface area contributed by atoms with Crippen LogP contribution in [0, 0.1) is 6.92 Å². The maximum atomic E-state index is 13.7. The lowest BCUT2D eigenvalue weighted by Gasteiger charge is -2.44. The van der Waals surface area contributed by atoms with Gasteiger partial charge in [0, 0.05) is 25.7 Å². The average Bonchev–Trinajstić information content (AvgIpc) is 3.56. The Morgan fingerprint density at radius 1 is 1.12 bits per heavy atom. The highest BCUT2D eigenvalue weighted by Gasteiger charge is 2.53. The number of benzene rings is 1. The van der Waals surface area contributed by atoms with Crippen molar-refractivity contribution in [3.05, 3.63) is 53.1 Å². The quantitative estimate of drug-likeness (QED) is 0.760. The molecule has 174 valence electrons. The summed E-state index contributed by atoms with van der Waals surface area (Å²) in [4.78, 5) is 48.2. The van der Waals surface area contributed by atoms with E-state index in [0.29, 0.717) is 25.3 Å². The Kier molecular flexibility index (Phi) is 5.46. The number of aryl methyl sites for hydroxylation is 1. The number of rotatable bonds is 5. The normalized spacial score (nSPS) is 22.8. The second-order valence-corrected chi connectivity index (χ2v) is 9.77. The molecular weight excluding hydrogens is 418 g/mol. The second-order valence-electron chi connectivity index (χ2n) is 9.77. The number of imidazole rings is 1. The summed E-state index contributed by atoms with van der Waals surface area (Å²) in [5.41, 5.74) is 1.67. The molecular formula is C25H31N5O3. The van der Waals surface area contributed by atoms with Gasteiger partial charge in [-0.25, -0.2) is 4.98 Å². The summed E-state index contributed by atoms with van der Waals surface area (Å²) in [6.45, 7) is 5.93. The van der Waals surface area contributed by atoms with Gasteiger partial charge < -0.3 is 19.7 Å². The highest BCUT2D eigenvalue weighted by atomic mass is 16.2. The van der Waals surface area contributed by atoms with Crippen LogP contribution >= 0.6 is 0 Å². The predicted molar refractivity (Wildman–Crippen MR) is 123 cm³/mol. The molecule has 8 nitrogen and oxygen atoms in total. The van der Waals surface area contributed by atoms with Crippen LogP contribution in [0.25, 0.3) is 0 Å². The molecule has 1 saturated heterocycles. The number of carbonyl (C=O) groups excluding carboxylic acids is 3. The molecule has 1 aliphatic carbocycles. The number of hydrogen-bond donors (Lipinski definition) is 1. The summed E-state index contributed by atoms with van der Waals surface area (Å²) >= 11 is 0. The molecule has 5 rings (SSSR count).